The Labute approximate surface area is 122 Å². The molecule has 1 aromatic heterocycles. The Hall–Kier alpha value is -1.73. The van der Waals surface area contributed by atoms with E-state index in [9.17, 15) is 12.8 Å². The van der Waals surface area contributed by atoms with Gasteiger partial charge in [0.15, 0.2) is 5.76 Å². The van der Waals surface area contributed by atoms with Crippen LogP contribution in [-0.4, -0.2) is 26.4 Å². The molecule has 7 heteroatoms. The van der Waals surface area contributed by atoms with Crippen molar-refractivity contribution in [2.45, 2.75) is 19.8 Å². The summed E-state index contributed by atoms with van der Waals surface area (Å²) in [6.07, 6.45) is 1.98. The number of aryl methyl sites for hydroxylation is 2. The highest BCUT2D eigenvalue weighted by molar-refractivity contribution is 7.85. The predicted octanol–water partition coefficient (Wildman–Crippen LogP) is 2.70. The predicted molar refractivity (Wildman–Crippen MR) is 75.8 cm³/mol. The van der Waals surface area contributed by atoms with E-state index < -0.39 is 10.1 Å². The number of hydrogen-bond donors (Lipinski definition) is 0. The molecule has 2 aromatic rings. The minimum Gasteiger partial charge on any atom is -0.356 e. The summed E-state index contributed by atoms with van der Waals surface area (Å²) in [6, 6.07) is 6.40. The molecule has 0 unspecified atom stereocenters. The Balaban J connectivity index is 2.00. The van der Waals surface area contributed by atoms with E-state index in [0.29, 0.717) is 29.9 Å². The van der Waals surface area contributed by atoms with Gasteiger partial charge in [0, 0.05) is 6.07 Å². The van der Waals surface area contributed by atoms with Gasteiger partial charge in [0.05, 0.1) is 24.1 Å². The average Bonchev–Trinajstić information content (AvgIpc) is 2.85. The van der Waals surface area contributed by atoms with Gasteiger partial charge in [-0.05, 0) is 31.9 Å². The van der Waals surface area contributed by atoms with Crippen LogP contribution >= 0.6 is 0 Å². The van der Waals surface area contributed by atoms with Crippen LogP contribution in [0.25, 0.3) is 11.3 Å². The molecule has 0 aliphatic rings. The zero-order valence-corrected chi connectivity index (χ0v) is 12.6. The third-order valence-corrected chi connectivity index (χ3v) is 3.42. The van der Waals surface area contributed by atoms with Gasteiger partial charge in [-0.15, -0.1) is 0 Å². The Kier molecular flexibility index (Phi) is 4.74. The molecule has 21 heavy (non-hydrogen) atoms. The lowest BCUT2D eigenvalue weighted by Gasteiger charge is -1.99. The fourth-order valence-electron chi connectivity index (χ4n) is 1.85. The summed E-state index contributed by atoms with van der Waals surface area (Å²) in [5.74, 6) is -0.0149. The maximum absolute atomic E-state index is 13.7. The lowest BCUT2D eigenvalue weighted by atomic mass is 10.1. The van der Waals surface area contributed by atoms with Crippen LogP contribution in [0.15, 0.2) is 28.8 Å². The van der Waals surface area contributed by atoms with Gasteiger partial charge in [0.1, 0.15) is 5.82 Å². The fraction of sp³-hybridized carbons (Fsp3) is 0.357. The molecule has 0 fully saturated rings. The van der Waals surface area contributed by atoms with Crippen molar-refractivity contribution in [3.63, 3.8) is 0 Å². The molecule has 0 bridgehead atoms. The first-order chi connectivity index (χ1) is 9.85. The van der Waals surface area contributed by atoms with Crippen molar-refractivity contribution >= 4 is 10.1 Å². The van der Waals surface area contributed by atoms with Crippen LogP contribution in [0.2, 0.25) is 0 Å². The van der Waals surface area contributed by atoms with Crippen LogP contribution in [-0.2, 0) is 20.7 Å². The Morgan fingerprint density at radius 1 is 1.33 bits per heavy atom. The molecular formula is C14H16FNO4S. The molecule has 5 nitrogen and oxygen atoms in total. The van der Waals surface area contributed by atoms with Crippen LogP contribution in [0.1, 0.15) is 17.7 Å². The lowest BCUT2D eigenvalue weighted by molar-refractivity contribution is 0.314. The van der Waals surface area contributed by atoms with Crippen LogP contribution in [0, 0.1) is 12.7 Å². The van der Waals surface area contributed by atoms with Gasteiger partial charge in [-0.25, -0.2) is 4.39 Å². The average molecular weight is 313 g/mol. The van der Waals surface area contributed by atoms with Crippen molar-refractivity contribution in [1.82, 2.24) is 5.16 Å². The highest BCUT2D eigenvalue weighted by Crippen LogP contribution is 2.25. The molecule has 0 radical (unpaired) electrons. The molecule has 0 N–H and O–H groups in total. The first kappa shape index (κ1) is 15.7. The van der Waals surface area contributed by atoms with Crippen molar-refractivity contribution in [3.8, 4) is 11.3 Å². The second-order valence-electron chi connectivity index (χ2n) is 4.80. The Morgan fingerprint density at radius 2 is 2.10 bits per heavy atom. The number of hydrogen-bond acceptors (Lipinski definition) is 5. The van der Waals surface area contributed by atoms with Crippen molar-refractivity contribution in [1.29, 1.82) is 0 Å². The summed E-state index contributed by atoms with van der Waals surface area (Å²) in [6.45, 7) is 1.95. The van der Waals surface area contributed by atoms with Gasteiger partial charge in [-0.1, -0.05) is 16.8 Å². The highest BCUT2D eigenvalue weighted by Gasteiger charge is 2.12. The van der Waals surface area contributed by atoms with Crippen molar-refractivity contribution in [2.75, 3.05) is 12.9 Å². The van der Waals surface area contributed by atoms with Crippen LogP contribution in [0.4, 0.5) is 4.39 Å². The quantitative estimate of drug-likeness (QED) is 0.606. The summed E-state index contributed by atoms with van der Waals surface area (Å²) in [4.78, 5) is 0. The van der Waals surface area contributed by atoms with E-state index in [1.807, 2.05) is 6.92 Å². The molecule has 0 saturated heterocycles. The Morgan fingerprint density at radius 3 is 2.81 bits per heavy atom. The molecule has 0 amide bonds. The highest BCUT2D eigenvalue weighted by atomic mass is 32.2. The summed E-state index contributed by atoms with van der Waals surface area (Å²) in [5, 5.41) is 3.85. The minimum absolute atomic E-state index is 0.0832. The lowest BCUT2D eigenvalue weighted by Crippen LogP contribution is -2.04. The van der Waals surface area contributed by atoms with Crippen LogP contribution < -0.4 is 0 Å². The zero-order valence-electron chi connectivity index (χ0n) is 11.8. The minimum atomic E-state index is -3.42. The molecule has 0 aliphatic carbocycles. The van der Waals surface area contributed by atoms with Crippen molar-refractivity contribution in [3.05, 3.63) is 41.3 Å². The second-order valence-corrected chi connectivity index (χ2v) is 6.44. The molecule has 0 saturated carbocycles. The van der Waals surface area contributed by atoms with Crippen LogP contribution in [0.3, 0.4) is 0 Å². The standard InChI is InChI=1S/C14H16FNO4S/c1-10-5-6-13(15)12(8-10)14-9-11(16-20-14)4-3-7-19-21(2,17)18/h5-6,8-9H,3-4,7H2,1-2H3. The van der Waals surface area contributed by atoms with E-state index in [4.69, 9.17) is 4.52 Å². The summed E-state index contributed by atoms with van der Waals surface area (Å²) in [5.41, 5.74) is 1.91. The third kappa shape index (κ3) is 4.64. The Bertz CT molecular complexity index is 724. The maximum atomic E-state index is 13.7. The summed E-state index contributed by atoms with van der Waals surface area (Å²) < 4.78 is 45.1. The number of benzene rings is 1. The molecule has 1 aromatic carbocycles. The fourth-order valence-corrected chi connectivity index (χ4v) is 2.27. The van der Waals surface area contributed by atoms with Gasteiger partial charge >= 0.3 is 0 Å². The number of nitrogens with zero attached hydrogens (tertiary/aromatic N) is 1. The molecule has 1 heterocycles. The molecule has 0 aliphatic heterocycles. The van der Waals surface area contributed by atoms with E-state index in [-0.39, 0.29) is 12.4 Å². The normalized spacial score (nSPS) is 11.8. The molecular weight excluding hydrogens is 297 g/mol. The first-order valence-electron chi connectivity index (χ1n) is 6.42. The smallest absolute Gasteiger partial charge is 0.264 e. The van der Waals surface area contributed by atoms with Gasteiger partial charge in [0.25, 0.3) is 10.1 Å². The summed E-state index contributed by atoms with van der Waals surface area (Å²) in [7, 11) is -3.42. The zero-order chi connectivity index (χ0) is 15.5. The second kappa shape index (κ2) is 6.36. The van der Waals surface area contributed by atoms with E-state index in [0.717, 1.165) is 11.8 Å². The van der Waals surface area contributed by atoms with Crippen LogP contribution in [0.5, 0.6) is 0 Å². The van der Waals surface area contributed by atoms with E-state index in [1.165, 1.54) is 6.07 Å². The van der Waals surface area contributed by atoms with E-state index >= 15 is 0 Å². The molecule has 0 spiro atoms. The van der Waals surface area contributed by atoms with Crippen molar-refractivity contribution < 1.29 is 21.5 Å². The van der Waals surface area contributed by atoms with Gasteiger partial charge < -0.3 is 4.52 Å². The van der Waals surface area contributed by atoms with Crippen molar-refractivity contribution in [2.24, 2.45) is 0 Å². The topological polar surface area (TPSA) is 69.4 Å². The van der Waals surface area contributed by atoms with Gasteiger partial charge in [-0.2, -0.15) is 8.42 Å². The maximum Gasteiger partial charge on any atom is 0.264 e. The monoisotopic (exact) mass is 313 g/mol. The molecule has 114 valence electrons. The number of aromatic nitrogens is 1. The first-order valence-corrected chi connectivity index (χ1v) is 8.23. The third-order valence-electron chi connectivity index (χ3n) is 2.82. The largest absolute Gasteiger partial charge is 0.356 e. The van der Waals surface area contributed by atoms with Gasteiger partial charge in [-0.3, -0.25) is 4.18 Å². The SMILES string of the molecule is Cc1ccc(F)c(-c2cc(CCCOS(C)(=O)=O)no2)c1. The molecule has 2 rings (SSSR count). The summed E-state index contributed by atoms with van der Waals surface area (Å²) >= 11 is 0. The van der Waals surface area contributed by atoms with E-state index in [1.54, 1.807) is 18.2 Å². The molecule has 0 atom stereocenters. The van der Waals surface area contributed by atoms with Gasteiger partial charge in [0.2, 0.25) is 0 Å². The number of halogens is 1. The van der Waals surface area contributed by atoms with E-state index in [2.05, 4.69) is 9.34 Å². The number of rotatable bonds is 6.